The molecule has 3 rings (SSSR count). The van der Waals surface area contributed by atoms with Gasteiger partial charge in [0.1, 0.15) is 5.82 Å². The molecule has 0 saturated carbocycles. The summed E-state index contributed by atoms with van der Waals surface area (Å²) in [5.74, 6) is 0.00334. The number of ether oxygens (including phenoxy) is 1. The Hall–Kier alpha value is -2.02. The van der Waals surface area contributed by atoms with Gasteiger partial charge in [-0.25, -0.2) is 9.07 Å². The second-order valence-electron chi connectivity index (χ2n) is 5.26. The molecule has 20 heavy (non-hydrogen) atoms. The predicted octanol–water partition coefficient (Wildman–Crippen LogP) is 1.59. The van der Waals surface area contributed by atoms with Crippen LogP contribution in [0.5, 0.6) is 0 Å². The van der Waals surface area contributed by atoms with E-state index in [0.29, 0.717) is 30.3 Å². The zero-order valence-electron chi connectivity index (χ0n) is 11.2. The minimum Gasteiger partial charge on any atom is -0.399 e. The van der Waals surface area contributed by atoms with Crippen LogP contribution in [0, 0.1) is 5.82 Å². The Kier molecular flexibility index (Phi) is 3.13. The lowest BCUT2D eigenvalue weighted by molar-refractivity contribution is 0.0240. The van der Waals surface area contributed by atoms with E-state index in [1.807, 2.05) is 0 Å². The Balaban J connectivity index is 2.05. The van der Waals surface area contributed by atoms with Crippen molar-refractivity contribution in [1.82, 2.24) is 20.2 Å². The number of nitrogen functional groups attached to an aromatic ring is 1. The number of nitrogens with zero attached hydrogens (tertiary/aromatic N) is 4. The highest BCUT2D eigenvalue weighted by atomic mass is 19.1. The van der Waals surface area contributed by atoms with E-state index < -0.39 is 5.82 Å². The topological polar surface area (TPSA) is 78.9 Å². The van der Waals surface area contributed by atoms with Crippen LogP contribution >= 0.6 is 0 Å². The van der Waals surface area contributed by atoms with E-state index in [9.17, 15) is 4.39 Å². The van der Waals surface area contributed by atoms with Gasteiger partial charge >= 0.3 is 0 Å². The molecule has 1 aliphatic heterocycles. The van der Waals surface area contributed by atoms with Gasteiger partial charge in [-0.1, -0.05) is 0 Å². The summed E-state index contributed by atoms with van der Waals surface area (Å²) in [5.41, 5.74) is 6.05. The molecule has 1 aromatic carbocycles. The van der Waals surface area contributed by atoms with E-state index in [1.54, 1.807) is 16.8 Å². The van der Waals surface area contributed by atoms with Crippen molar-refractivity contribution in [3.05, 3.63) is 24.0 Å². The van der Waals surface area contributed by atoms with Crippen molar-refractivity contribution in [1.29, 1.82) is 0 Å². The molecule has 2 heterocycles. The molecule has 1 saturated heterocycles. The molecule has 6 nitrogen and oxygen atoms in total. The van der Waals surface area contributed by atoms with Gasteiger partial charge in [-0.15, -0.1) is 5.10 Å². The third-order valence-electron chi connectivity index (χ3n) is 3.78. The van der Waals surface area contributed by atoms with Crippen LogP contribution in [0.4, 0.5) is 10.1 Å². The number of aromatic nitrogens is 4. The summed E-state index contributed by atoms with van der Waals surface area (Å²) >= 11 is 0. The number of tetrazole rings is 1. The Bertz CT molecular complexity index is 621. The molecule has 0 aliphatic carbocycles. The highest BCUT2D eigenvalue weighted by molar-refractivity contribution is 5.59. The van der Waals surface area contributed by atoms with Crippen LogP contribution in [0.2, 0.25) is 0 Å². The first kappa shape index (κ1) is 13.0. The van der Waals surface area contributed by atoms with Crippen molar-refractivity contribution in [2.45, 2.75) is 25.3 Å². The zero-order valence-corrected chi connectivity index (χ0v) is 11.2. The van der Waals surface area contributed by atoms with Gasteiger partial charge in [0.05, 0.1) is 11.1 Å². The number of benzene rings is 1. The fourth-order valence-electron chi connectivity index (χ4n) is 2.45. The Labute approximate surface area is 115 Å². The van der Waals surface area contributed by atoms with Gasteiger partial charge in [0.25, 0.3) is 0 Å². The summed E-state index contributed by atoms with van der Waals surface area (Å²) in [7, 11) is 0. The van der Waals surface area contributed by atoms with E-state index in [1.165, 1.54) is 6.07 Å². The quantitative estimate of drug-likeness (QED) is 0.843. The molecule has 7 heteroatoms. The van der Waals surface area contributed by atoms with Crippen LogP contribution in [-0.4, -0.2) is 33.4 Å². The molecule has 0 spiro atoms. The number of hydrogen-bond donors (Lipinski definition) is 1. The van der Waals surface area contributed by atoms with Crippen LogP contribution in [0.25, 0.3) is 11.4 Å². The fraction of sp³-hybridized carbons (Fsp3) is 0.462. The number of hydrogen-bond acceptors (Lipinski definition) is 5. The highest BCUT2D eigenvalue weighted by Crippen LogP contribution is 2.32. The maximum Gasteiger partial charge on any atom is 0.185 e. The Morgan fingerprint density at radius 1 is 1.35 bits per heavy atom. The number of anilines is 1. The van der Waals surface area contributed by atoms with Crippen LogP contribution in [0.3, 0.4) is 0 Å². The minimum absolute atomic E-state index is 0.259. The molecule has 106 valence electrons. The van der Waals surface area contributed by atoms with Crippen molar-refractivity contribution in [3.8, 4) is 11.4 Å². The lowest BCUT2D eigenvalue weighted by atomic mass is 9.92. The van der Waals surface area contributed by atoms with Crippen molar-refractivity contribution < 1.29 is 9.13 Å². The monoisotopic (exact) mass is 277 g/mol. The molecule has 0 unspecified atom stereocenters. The zero-order chi connectivity index (χ0) is 14.2. The molecule has 0 radical (unpaired) electrons. The SMILES string of the molecule is CC1(n2nnnc2-c2ccc(N)cc2F)CCOCC1. The lowest BCUT2D eigenvalue weighted by Crippen LogP contribution is -2.38. The van der Waals surface area contributed by atoms with Crippen molar-refractivity contribution >= 4 is 5.69 Å². The van der Waals surface area contributed by atoms with Crippen LogP contribution in [0.15, 0.2) is 18.2 Å². The fourth-order valence-corrected chi connectivity index (χ4v) is 2.45. The summed E-state index contributed by atoms with van der Waals surface area (Å²) in [5, 5.41) is 11.7. The smallest absolute Gasteiger partial charge is 0.185 e. The second-order valence-corrected chi connectivity index (χ2v) is 5.26. The maximum absolute atomic E-state index is 14.1. The molecule has 2 aromatic rings. The average molecular weight is 277 g/mol. The van der Waals surface area contributed by atoms with Crippen LogP contribution in [-0.2, 0) is 10.3 Å². The molecule has 1 aromatic heterocycles. The summed E-state index contributed by atoms with van der Waals surface area (Å²) in [6.45, 7) is 3.37. The summed E-state index contributed by atoms with van der Waals surface area (Å²) in [4.78, 5) is 0. The molecule has 2 N–H and O–H groups in total. The summed E-state index contributed by atoms with van der Waals surface area (Å²) < 4.78 is 21.1. The van der Waals surface area contributed by atoms with E-state index in [0.717, 1.165) is 12.8 Å². The van der Waals surface area contributed by atoms with Gasteiger partial charge in [-0.2, -0.15) is 0 Å². The Morgan fingerprint density at radius 2 is 2.10 bits per heavy atom. The third-order valence-corrected chi connectivity index (χ3v) is 3.78. The van der Waals surface area contributed by atoms with Crippen molar-refractivity contribution in [3.63, 3.8) is 0 Å². The van der Waals surface area contributed by atoms with Gasteiger partial charge in [0.2, 0.25) is 0 Å². The maximum atomic E-state index is 14.1. The molecule has 0 atom stereocenters. The number of nitrogens with two attached hydrogens (primary N) is 1. The largest absolute Gasteiger partial charge is 0.399 e. The first-order valence-electron chi connectivity index (χ1n) is 6.52. The molecular formula is C13H16FN5O. The standard InChI is InChI=1S/C13H16FN5O/c1-13(4-6-20-7-5-13)19-12(16-17-18-19)10-3-2-9(15)8-11(10)14/h2-3,8H,4-7,15H2,1H3. The molecule has 1 aliphatic rings. The second kappa shape index (κ2) is 4.82. The molecule has 1 fully saturated rings. The normalized spacial score (nSPS) is 18.1. The van der Waals surface area contributed by atoms with Gasteiger partial charge in [-0.3, -0.25) is 0 Å². The summed E-state index contributed by atoms with van der Waals surface area (Å²) in [6.07, 6.45) is 1.59. The first-order chi connectivity index (χ1) is 9.60. The number of rotatable bonds is 2. The van der Waals surface area contributed by atoms with Crippen LogP contribution < -0.4 is 5.73 Å². The van der Waals surface area contributed by atoms with Gasteiger partial charge in [-0.05, 0) is 48.4 Å². The summed E-state index contributed by atoms with van der Waals surface area (Å²) in [6, 6.07) is 4.53. The molecule has 0 bridgehead atoms. The highest BCUT2D eigenvalue weighted by Gasteiger charge is 2.33. The van der Waals surface area contributed by atoms with E-state index in [2.05, 4.69) is 22.4 Å². The van der Waals surface area contributed by atoms with E-state index in [-0.39, 0.29) is 5.54 Å². The van der Waals surface area contributed by atoms with Crippen LogP contribution in [0.1, 0.15) is 19.8 Å². The average Bonchev–Trinajstić information content (AvgIpc) is 2.89. The van der Waals surface area contributed by atoms with Gasteiger partial charge in [0, 0.05) is 18.9 Å². The van der Waals surface area contributed by atoms with E-state index in [4.69, 9.17) is 10.5 Å². The predicted molar refractivity (Wildman–Crippen MR) is 71.3 cm³/mol. The number of halogens is 1. The van der Waals surface area contributed by atoms with Crippen molar-refractivity contribution in [2.75, 3.05) is 18.9 Å². The lowest BCUT2D eigenvalue weighted by Gasteiger charge is -2.33. The first-order valence-corrected chi connectivity index (χ1v) is 6.52. The molecule has 0 amide bonds. The van der Waals surface area contributed by atoms with Gasteiger partial charge in [0.15, 0.2) is 5.82 Å². The van der Waals surface area contributed by atoms with E-state index >= 15 is 0 Å². The third kappa shape index (κ3) is 2.14. The minimum atomic E-state index is -0.420. The molecular weight excluding hydrogens is 261 g/mol. The Morgan fingerprint density at radius 3 is 2.80 bits per heavy atom. The van der Waals surface area contributed by atoms with Crippen molar-refractivity contribution in [2.24, 2.45) is 0 Å². The van der Waals surface area contributed by atoms with Gasteiger partial charge < -0.3 is 10.5 Å².